The lowest BCUT2D eigenvalue weighted by molar-refractivity contribution is -0.138. The van der Waals surface area contributed by atoms with Gasteiger partial charge in [0.1, 0.15) is 6.26 Å². The number of ether oxygens (including phenoxy) is 1. The van der Waals surface area contributed by atoms with Crippen molar-refractivity contribution < 1.29 is 22.8 Å². The van der Waals surface area contributed by atoms with Crippen LogP contribution >= 0.6 is 0 Å². The maximum atomic E-state index is 9.94. The minimum atomic E-state index is -2.19. The highest BCUT2D eigenvalue weighted by Crippen LogP contribution is 2.10. The molecule has 1 aliphatic rings. The van der Waals surface area contributed by atoms with E-state index in [0.29, 0.717) is 5.57 Å². The van der Waals surface area contributed by atoms with Crippen LogP contribution in [0, 0.1) is 0 Å². The van der Waals surface area contributed by atoms with Gasteiger partial charge in [0.2, 0.25) is 0 Å². The Labute approximate surface area is 91.3 Å². The standard InChI is InChI=1S/C5H14O3Si.C4H4O2/c1-5-9(6-2,7-3)8-4;1-3-2-6-4(3)5/h5H2,1-4H3;2H,1H3. The number of rotatable bonds is 4. The highest BCUT2D eigenvalue weighted by Gasteiger charge is 2.34. The molecule has 1 rings (SSSR count). The van der Waals surface area contributed by atoms with Crippen LogP contribution in [-0.4, -0.2) is 36.1 Å². The third kappa shape index (κ3) is 4.13. The zero-order chi connectivity index (χ0) is 11.9. The summed E-state index contributed by atoms with van der Waals surface area (Å²) in [5.41, 5.74) is 0.704. The van der Waals surface area contributed by atoms with Gasteiger partial charge in [0.15, 0.2) is 0 Å². The Morgan fingerprint density at radius 2 is 1.67 bits per heavy atom. The molecule has 1 aliphatic heterocycles. The first-order valence-corrected chi connectivity index (χ1v) is 6.51. The first kappa shape index (κ1) is 14.3. The highest BCUT2D eigenvalue weighted by atomic mass is 28.4. The van der Waals surface area contributed by atoms with Crippen LogP contribution in [0.3, 0.4) is 0 Å². The summed E-state index contributed by atoms with van der Waals surface area (Å²) < 4.78 is 19.5. The van der Waals surface area contributed by atoms with Gasteiger partial charge in [-0.15, -0.1) is 0 Å². The van der Waals surface area contributed by atoms with Gasteiger partial charge >= 0.3 is 14.8 Å². The van der Waals surface area contributed by atoms with Gasteiger partial charge in [0.25, 0.3) is 0 Å². The predicted octanol–water partition coefficient (Wildman–Crippen LogP) is 1.33. The van der Waals surface area contributed by atoms with Crippen LogP contribution in [0.4, 0.5) is 0 Å². The lowest BCUT2D eigenvalue weighted by atomic mass is 10.3. The normalized spacial score (nSPS) is 14.5. The highest BCUT2D eigenvalue weighted by molar-refractivity contribution is 6.60. The molecule has 1 heterocycles. The van der Waals surface area contributed by atoms with E-state index in [4.69, 9.17) is 13.3 Å². The van der Waals surface area contributed by atoms with Crippen LogP contribution in [0.1, 0.15) is 13.8 Å². The number of cyclic esters (lactones) is 1. The van der Waals surface area contributed by atoms with Gasteiger partial charge in [-0.2, -0.15) is 0 Å². The summed E-state index contributed by atoms with van der Waals surface area (Å²) in [6.07, 6.45) is 1.43. The van der Waals surface area contributed by atoms with Crippen LogP contribution in [0.5, 0.6) is 0 Å². The molecule has 0 N–H and O–H groups in total. The third-order valence-corrected chi connectivity index (χ3v) is 4.76. The molecule has 0 saturated heterocycles. The van der Waals surface area contributed by atoms with Crippen molar-refractivity contribution in [3.05, 3.63) is 11.8 Å². The van der Waals surface area contributed by atoms with Gasteiger partial charge in [-0.3, -0.25) is 0 Å². The number of hydrogen-bond acceptors (Lipinski definition) is 5. The zero-order valence-corrected chi connectivity index (χ0v) is 10.8. The topological polar surface area (TPSA) is 54.0 Å². The number of hydrogen-bond donors (Lipinski definition) is 0. The predicted molar refractivity (Wildman–Crippen MR) is 57.1 cm³/mol. The van der Waals surface area contributed by atoms with Crippen molar-refractivity contribution in [3.8, 4) is 0 Å². The van der Waals surface area contributed by atoms with Crippen molar-refractivity contribution in [1.82, 2.24) is 0 Å². The van der Waals surface area contributed by atoms with E-state index < -0.39 is 8.80 Å². The Kier molecular flexibility index (Phi) is 6.42. The van der Waals surface area contributed by atoms with E-state index in [1.807, 2.05) is 6.92 Å². The molecule has 0 spiro atoms. The van der Waals surface area contributed by atoms with Crippen molar-refractivity contribution in [3.63, 3.8) is 0 Å². The van der Waals surface area contributed by atoms with Crippen molar-refractivity contribution in [1.29, 1.82) is 0 Å². The average Bonchev–Trinajstić information content (AvgIpc) is 2.31. The van der Waals surface area contributed by atoms with E-state index >= 15 is 0 Å². The Morgan fingerprint density at radius 1 is 1.27 bits per heavy atom. The summed E-state index contributed by atoms with van der Waals surface area (Å²) in [5.74, 6) is -0.199. The summed E-state index contributed by atoms with van der Waals surface area (Å²) in [4.78, 5) is 9.94. The first-order valence-electron chi connectivity index (χ1n) is 4.58. The molecule has 6 heteroatoms. The molecule has 0 fully saturated rings. The molecular weight excluding hydrogens is 216 g/mol. The Bertz CT molecular complexity index is 217. The van der Waals surface area contributed by atoms with E-state index in [9.17, 15) is 4.79 Å². The number of esters is 1. The van der Waals surface area contributed by atoms with E-state index in [0.717, 1.165) is 6.04 Å². The molecule has 0 aromatic heterocycles. The largest absolute Gasteiger partial charge is 0.499 e. The second kappa shape index (κ2) is 6.73. The maximum Gasteiger partial charge on any atom is 0.499 e. The number of carbonyl (C=O) groups excluding carboxylic acids is 1. The fraction of sp³-hybridized carbons (Fsp3) is 0.667. The second-order valence-electron chi connectivity index (χ2n) is 2.86. The van der Waals surface area contributed by atoms with Crippen LogP contribution in [0.2, 0.25) is 6.04 Å². The monoisotopic (exact) mass is 234 g/mol. The minimum Gasteiger partial charge on any atom is -0.430 e. The van der Waals surface area contributed by atoms with Gasteiger partial charge in [-0.05, 0) is 6.92 Å². The van der Waals surface area contributed by atoms with Gasteiger partial charge in [0.05, 0.1) is 5.57 Å². The molecule has 0 atom stereocenters. The quantitative estimate of drug-likeness (QED) is 0.542. The van der Waals surface area contributed by atoms with Crippen LogP contribution in [-0.2, 0) is 22.8 Å². The SMILES string of the molecule is CC1=COC1=O.CC[Si](OC)(OC)OC. The lowest BCUT2D eigenvalue weighted by Gasteiger charge is -2.22. The Balaban J connectivity index is 0.000000280. The molecular formula is C9H18O5Si. The van der Waals surface area contributed by atoms with Gasteiger partial charge in [-0.1, -0.05) is 6.92 Å². The van der Waals surface area contributed by atoms with E-state index in [-0.39, 0.29) is 5.97 Å². The van der Waals surface area contributed by atoms with Crippen molar-refractivity contribution >= 4 is 14.8 Å². The van der Waals surface area contributed by atoms with E-state index in [2.05, 4.69) is 4.74 Å². The molecule has 0 radical (unpaired) electrons. The zero-order valence-electron chi connectivity index (χ0n) is 9.83. The second-order valence-corrected chi connectivity index (χ2v) is 6.15. The third-order valence-electron chi connectivity index (χ3n) is 2.03. The molecule has 0 aliphatic carbocycles. The fourth-order valence-electron chi connectivity index (χ4n) is 0.908. The maximum absolute atomic E-state index is 9.94. The Morgan fingerprint density at radius 3 is 1.67 bits per heavy atom. The summed E-state index contributed by atoms with van der Waals surface area (Å²) in [6, 6.07) is 0.816. The average molecular weight is 234 g/mol. The van der Waals surface area contributed by atoms with Crippen molar-refractivity contribution in [2.75, 3.05) is 21.3 Å². The molecule has 0 saturated carbocycles. The summed E-state index contributed by atoms with van der Waals surface area (Å²) in [5, 5.41) is 0. The summed E-state index contributed by atoms with van der Waals surface area (Å²) in [7, 11) is 2.65. The molecule has 0 unspecified atom stereocenters. The van der Waals surface area contributed by atoms with Crippen LogP contribution < -0.4 is 0 Å². The van der Waals surface area contributed by atoms with Crippen molar-refractivity contribution in [2.45, 2.75) is 19.9 Å². The Hall–Kier alpha value is -0.693. The van der Waals surface area contributed by atoms with Gasteiger partial charge in [0, 0.05) is 27.4 Å². The smallest absolute Gasteiger partial charge is 0.430 e. The minimum absolute atomic E-state index is 0.199. The van der Waals surface area contributed by atoms with Gasteiger partial charge in [-0.25, -0.2) is 4.79 Å². The molecule has 0 aromatic carbocycles. The van der Waals surface area contributed by atoms with E-state index in [1.54, 1.807) is 28.3 Å². The molecule has 15 heavy (non-hydrogen) atoms. The summed E-state index contributed by atoms with van der Waals surface area (Å²) >= 11 is 0. The van der Waals surface area contributed by atoms with E-state index in [1.165, 1.54) is 6.26 Å². The van der Waals surface area contributed by atoms with Gasteiger partial charge < -0.3 is 18.0 Å². The molecule has 0 bridgehead atoms. The lowest BCUT2D eigenvalue weighted by Crippen LogP contribution is -2.41. The van der Waals surface area contributed by atoms with Crippen molar-refractivity contribution in [2.24, 2.45) is 0 Å². The summed E-state index contributed by atoms with van der Waals surface area (Å²) in [6.45, 7) is 3.70. The number of carbonyl (C=O) groups is 1. The molecule has 0 amide bonds. The molecule has 0 aromatic rings. The van der Waals surface area contributed by atoms with Crippen LogP contribution in [0.15, 0.2) is 11.8 Å². The fourth-order valence-corrected chi connectivity index (χ4v) is 2.27. The molecule has 88 valence electrons. The first-order chi connectivity index (χ1) is 7.05. The molecule has 5 nitrogen and oxygen atoms in total. The van der Waals surface area contributed by atoms with Crippen LogP contribution in [0.25, 0.3) is 0 Å².